The predicted octanol–water partition coefficient (Wildman–Crippen LogP) is 2.19. The molecule has 3 nitrogen and oxygen atoms in total. The summed E-state index contributed by atoms with van der Waals surface area (Å²) in [5, 5.41) is 0. The average Bonchev–Trinajstić information content (AvgIpc) is 2.14. The Kier molecular flexibility index (Phi) is 4.83. The average molecular weight is 181 g/mol. The third-order valence-electron chi connectivity index (χ3n) is 1.94. The number of esters is 1. The Morgan fingerprint density at radius 3 is 2.62 bits per heavy atom. The summed E-state index contributed by atoms with van der Waals surface area (Å²) in [5.74, 6) is -0.438. The molecule has 0 fully saturated rings. The summed E-state index contributed by atoms with van der Waals surface area (Å²) in [6.07, 6.45) is 2.39. The molecule has 0 aliphatic carbocycles. The maximum Gasteiger partial charge on any atom is 0.393 e. The number of carbonyl (C=O) groups excluding carboxylic acids is 1. The third kappa shape index (κ3) is 2.59. The zero-order valence-corrected chi connectivity index (χ0v) is 8.17. The van der Waals surface area contributed by atoms with Crippen molar-refractivity contribution >= 4 is 5.97 Å². The Morgan fingerprint density at radius 1 is 1.69 bits per heavy atom. The minimum Gasteiger partial charge on any atom is -0.460 e. The quantitative estimate of drug-likeness (QED) is 0.370. The summed E-state index contributed by atoms with van der Waals surface area (Å²) in [6.45, 7) is 14.4. The Bertz CT molecular complexity index is 230. The summed E-state index contributed by atoms with van der Waals surface area (Å²) in [4.78, 5) is 14.8. The first kappa shape index (κ1) is 11.7. The van der Waals surface area contributed by atoms with Gasteiger partial charge in [0.1, 0.15) is 0 Å². The highest BCUT2D eigenvalue weighted by atomic mass is 16.5. The van der Waals surface area contributed by atoms with Gasteiger partial charge in [-0.25, -0.2) is 11.4 Å². The Morgan fingerprint density at radius 2 is 2.31 bits per heavy atom. The highest BCUT2D eigenvalue weighted by molar-refractivity contribution is 5.83. The monoisotopic (exact) mass is 181 g/mol. The molecule has 0 aromatic heterocycles. The fraction of sp³-hybridized carbons (Fsp3) is 0.600. The largest absolute Gasteiger partial charge is 0.460 e. The van der Waals surface area contributed by atoms with Gasteiger partial charge in [-0.2, -0.15) is 0 Å². The second-order valence-corrected chi connectivity index (χ2v) is 2.71. The lowest BCUT2D eigenvalue weighted by molar-refractivity contribution is -0.147. The molecular weight excluding hydrogens is 166 g/mol. The van der Waals surface area contributed by atoms with Crippen LogP contribution >= 0.6 is 0 Å². The lowest BCUT2D eigenvalue weighted by Gasteiger charge is -2.16. The second-order valence-electron chi connectivity index (χ2n) is 2.71. The first-order valence-electron chi connectivity index (χ1n) is 4.33. The molecule has 0 bridgehead atoms. The van der Waals surface area contributed by atoms with Gasteiger partial charge in [0.15, 0.2) is 0 Å². The molecule has 0 aromatic rings. The van der Waals surface area contributed by atoms with Crippen LogP contribution in [-0.4, -0.2) is 18.1 Å². The SMILES string of the molecule is [C-]#[N+]C(CC)(CC=C)C(=O)OCC. The van der Waals surface area contributed by atoms with Gasteiger partial charge in [0, 0.05) is 6.42 Å². The molecule has 0 heterocycles. The Balaban J connectivity index is 4.66. The fourth-order valence-electron chi connectivity index (χ4n) is 1.05. The first-order chi connectivity index (χ1) is 6.16. The van der Waals surface area contributed by atoms with Crippen LogP contribution in [0.25, 0.3) is 4.85 Å². The number of hydrogen-bond donors (Lipinski definition) is 0. The van der Waals surface area contributed by atoms with Gasteiger partial charge in [-0.15, -0.1) is 6.58 Å². The van der Waals surface area contributed by atoms with E-state index in [0.29, 0.717) is 19.4 Å². The van der Waals surface area contributed by atoms with E-state index in [1.54, 1.807) is 19.9 Å². The van der Waals surface area contributed by atoms with E-state index < -0.39 is 11.5 Å². The van der Waals surface area contributed by atoms with Crippen LogP contribution in [0.15, 0.2) is 12.7 Å². The normalized spacial score (nSPS) is 13.9. The molecule has 3 heteroatoms. The molecule has 1 unspecified atom stereocenters. The number of ether oxygens (including phenoxy) is 1. The van der Waals surface area contributed by atoms with E-state index in [1.165, 1.54) is 0 Å². The highest BCUT2D eigenvalue weighted by Gasteiger charge is 2.43. The first-order valence-corrected chi connectivity index (χ1v) is 4.33. The maximum absolute atomic E-state index is 11.4. The number of nitrogens with zero attached hydrogens (tertiary/aromatic N) is 1. The molecule has 0 aliphatic heterocycles. The van der Waals surface area contributed by atoms with E-state index in [9.17, 15) is 4.79 Å². The smallest absolute Gasteiger partial charge is 0.393 e. The van der Waals surface area contributed by atoms with E-state index in [4.69, 9.17) is 11.3 Å². The van der Waals surface area contributed by atoms with Gasteiger partial charge in [-0.1, -0.05) is 13.0 Å². The molecule has 0 spiro atoms. The highest BCUT2D eigenvalue weighted by Crippen LogP contribution is 2.23. The molecule has 1 atom stereocenters. The maximum atomic E-state index is 11.4. The summed E-state index contributed by atoms with van der Waals surface area (Å²) >= 11 is 0. The minimum absolute atomic E-state index is 0.313. The van der Waals surface area contributed by atoms with Crippen LogP contribution in [0.5, 0.6) is 0 Å². The van der Waals surface area contributed by atoms with Crippen molar-refractivity contribution in [3.05, 3.63) is 24.1 Å². The van der Waals surface area contributed by atoms with E-state index in [1.807, 2.05) is 0 Å². The van der Waals surface area contributed by atoms with Gasteiger partial charge in [-0.05, 0) is 6.92 Å². The van der Waals surface area contributed by atoms with Crippen molar-refractivity contribution in [2.75, 3.05) is 6.61 Å². The van der Waals surface area contributed by atoms with Crippen molar-refractivity contribution in [1.29, 1.82) is 0 Å². The van der Waals surface area contributed by atoms with E-state index >= 15 is 0 Å². The number of hydrogen-bond acceptors (Lipinski definition) is 2. The summed E-state index contributed by atoms with van der Waals surface area (Å²) in [6, 6.07) is 0. The zero-order chi connectivity index (χ0) is 10.3. The lowest BCUT2D eigenvalue weighted by Crippen LogP contribution is -2.35. The van der Waals surface area contributed by atoms with Gasteiger partial charge in [-0.3, -0.25) is 4.85 Å². The molecule has 0 radical (unpaired) electrons. The van der Waals surface area contributed by atoms with Crippen molar-refractivity contribution in [3.63, 3.8) is 0 Å². The van der Waals surface area contributed by atoms with Gasteiger partial charge in [0.25, 0.3) is 0 Å². The summed E-state index contributed by atoms with van der Waals surface area (Å²) < 4.78 is 4.84. The lowest BCUT2D eigenvalue weighted by atomic mass is 9.93. The van der Waals surface area contributed by atoms with Crippen LogP contribution in [0.4, 0.5) is 0 Å². The van der Waals surface area contributed by atoms with Crippen molar-refractivity contribution in [2.24, 2.45) is 0 Å². The van der Waals surface area contributed by atoms with Gasteiger partial charge < -0.3 is 4.74 Å². The second kappa shape index (κ2) is 5.36. The third-order valence-corrected chi connectivity index (χ3v) is 1.94. The van der Waals surface area contributed by atoms with Crippen molar-refractivity contribution in [3.8, 4) is 0 Å². The number of carbonyl (C=O) groups is 1. The van der Waals surface area contributed by atoms with Crippen LogP contribution < -0.4 is 0 Å². The van der Waals surface area contributed by atoms with Gasteiger partial charge in [0.2, 0.25) is 0 Å². The van der Waals surface area contributed by atoms with Crippen molar-refractivity contribution in [2.45, 2.75) is 32.2 Å². The van der Waals surface area contributed by atoms with Crippen molar-refractivity contribution in [1.82, 2.24) is 0 Å². The molecule has 0 aromatic carbocycles. The summed E-state index contributed by atoms with van der Waals surface area (Å²) in [7, 11) is 0. The topological polar surface area (TPSA) is 30.7 Å². The molecule has 0 aliphatic rings. The molecule has 0 N–H and O–H groups in total. The fourth-order valence-corrected chi connectivity index (χ4v) is 1.05. The van der Waals surface area contributed by atoms with Gasteiger partial charge >= 0.3 is 11.5 Å². The Labute approximate surface area is 79.2 Å². The van der Waals surface area contributed by atoms with E-state index in [2.05, 4.69) is 11.4 Å². The Hall–Kier alpha value is -1.30. The zero-order valence-electron chi connectivity index (χ0n) is 8.17. The van der Waals surface area contributed by atoms with Gasteiger partial charge in [0.05, 0.1) is 13.0 Å². The predicted molar refractivity (Wildman–Crippen MR) is 51.1 cm³/mol. The number of rotatable bonds is 5. The standard InChI is InChI=1S/C10H15NO2/c1-5-8-10(6-2,11-4)9(12)13-7-3/h5H,1,6-8H2,2-3H3. The van der Waals surface area contributed by atoms with E-state index in [0.717, 1.165) is 0 Å². The van der Waals surface area contributed by atoms with Crippen LogP contribution in [0, 0.1) is 6.57 Å². The van der Waals surface area contributed by atoms with Crippen LogP contribution in [0.1, 0.15) is 26.7 Å². The molecule has 0 amide bonds. The molecular formula is C10H15NO2. The molecule has 13 heavy (non-hydrogen) atoms. The molecule has 0 saturated carbocycles. The molecule has 0 rings (SSSR count). The van der Waals surface area contributed by atoms with Crippen LogP contribution in [0.2, 0.25) is 0 Å². The molecule has 72 valence electrons. The van der Waals surface area contributed by atoms with Crippen molar-refractivity contribution < 1.29 is 9.53 Å². The molecule has 0 saturated heterocycles. The van der Waals surface area contributed by atoms with E-state index in [-0.39, 0.29) is 0 Å². The van der Waals surface area contributed by atoms with Crippen LogP contribution in [-0.2, 0) is 9.53 Å². The summed E-state index contributed by atoms with van der Waals surface area (Å²) in [5.41, 5.74) is -1.04. The van der Waals surface area contributed by atoms with Crippen LogP contribution in [0.3, 0.4) is 0 Å². The minimum atomic E-state index is -1.04.